The van der Waals surface area contributed by atoms with Crippen LogP contribution < -0.4 is 0 Å². The number of likely N-dealkylation sites (tertiary alicyclic amines) is 2. The molecule has 2 aliphatic rings. The molecule has 0 N–H and O–H groups in total. The Hall–Kier alpha value is -5.40. The molecule has 4 nitrogen and oxygen atoms in total. The van der Waals surface area contributed by atoms with Crippen molar-refractivity contribution in [2.75, 3.05) is 26.2 Å². The zero-order chi connectivity index (χ0) is 41.7. The Morgan fingerprint density at radius 1 is 0.525 bits per heavy atom. The molecule has 0 atom stereocenters. The molecule has 2 heterocycles. The molecule has 0 aromatic heterocycles. The number of carbonyl (C=O) groups excluding carboxylic acids is 1. The van der Waals surface area contributed by atoms with Gasteiger partial charge in [-0.05, 0) is 134 Å². The van der Waals surface area contributed by atoms with Crippen LogP contribution >= 0.6 is 15.9 Å². The first-order valence-corrected chi connectivity index (χ1v) is 20.5. The standard InChI is InChI=1S/C25H23F2NO.C19H19FN2.C6H4BrF/c26-22-10-6-20(7-11-22)24(29)25(21-8-12-23(27)13-9-21)14-16-28(17-15-25)18-19-4-2-1-3-5-19;20-18-8-6-17(7-9-18)19(15-21)10-12-22(13-11-19)14-16-4-2-1-3-5-16;7-5-1-3-6(8)4-2-5/h1-13H,14-18H2;1-9H,10-14H2;1-4H. The van der Waals surface area contributed by atoms with Crippen molar-refractivity contribution in [3.05, 3.63) is 213 Å². The summed E-state index contributed by atoms with van der Waals surface area (Å²) in [6.45, 7) is 5.06. The normalized spacial score (nSPS) is 16.0. The van der Waals surface area contributed by atoms with Crippen LogP contribution in [-0.2, 0) is 23.9 Å². The van der Waals surface area contributed by atoms with E-state index in [1.165, 1.54) is 59.7 Å². The number of rotatable bonds is 8. The van der Waals surface area contributed by atoms with Crippen LogP contribution in [0.3, 0.4) is 0 Å². The van der Waals surface area contributed by atoms with Crippen molar-refractivity contribution >= 4 is 21.7 Å². The average Bonchev–Trinajstić information content (AvgIpc) is 3.27. The van der Waals surface area contributed by atoms with E-state index >= 15 is 0 Å². The Labute approximate surface area is 352 Å². The largest absolute Gasteiger partial charge is 0.299 e. The van der Waals surface area contributed by atoms with Gasteiger partial charge in [0, 0.05) is 36.2 Å². The van der Waals surface area contributed by atoms with Crippen molar-refractivity contribution in [2.45, 2.75) is 49.6 Å². The van der Waals surface area contributed by atoms with Gasteiger partial charge in [0.1, 0.15) is 23.3 Å². The summed E-state index contributed by atoms with van der Waals surface area (Å²) in [7, 11) is 0. The van der Waals surface area contributed by atoms with Gasteiger partial charge in [-0.3, -0.25) is 14.6 Å². The Morgan fingerprint density at radius 3 is 1.31 bits per heavy atom. The zero-order valence-corrected chi connectivity index (χ0v) is 34.3. The quantitative estimate of drug-likeness (QED) is 0.113. The highest BCUT2D eigenvalue weighted by Gasteiger charge is 2.43. The molecule has 0 spiro atoms. The molecule has 0 bridgehead atoms. The van der Waals surface area contributed by atoms with Crippen molar-refractivity contribution in [2.24, 2.45) is 0 Å². The highest BCUT2D eigenvalue weighted by molar-refractivity contribution is 9.10. The maximum atomic E-state index is 13.5. The van der Waals surface area contributed by atoms with Gasteiger partial charge in [0.15, 0.2) is 5.78 Å². The Kier molecular flexibility index (Phi) is 15.0. The average molecular weight is 861 g/mol. The van der Waals surface area contributed by atoms with Crippen molar-refractivity contribution < 1.29 is 22.4 Å². The molecule has 6 aromatic carbocycles. The Morgan fingerprint density at radius 2 is 0.898 bits per heavy atom. The summed E-state index contributed by atoms with van der Waals surface area (Å²) < 4.78 is 52.9. The van der Waals surface area contributed by atoms with Crippen molar-refractivity contribution in [1.82, 2.24) is 9.80 Å². The summed E-state index contributed by atoms with van der Waals surface area (Å²) in [5.41, 5.74) is 3.61. The van der Waals surface area contributed by atoms with Crippen LogP contribution in [0.5, 0.6) is 0 Å². The maximum Gasteiger partial charge on any atom is 0.173 e. The van der Waals surface area contributed by atoms with Gasteiger partial charge in [-0.2, -0.15) is 5.26 Å². The highest BCUT2D eigenvalue weighted by Crippen LogP contribution is 2.39. The molecule has 0 radical (unpaired) electrons. The minimum atomic E-state index is -0.723. The molecule has 0 unspecified atom stereocenters. The maximum absolute atomic E-state index is 13.5. The third kappa shape index (κ3) is 11.6. The van der Waals surface area contributed by atoms with E-state index in [9.17, 15) is 27.6 Å². The third-order valence-electron chi connectivity index (χ3n) is 11.3. The number of nitrogens with zero attached hydrogens (tertiary/aromatic N) is 3. The number of halogens is 5. The molecule has 0 amide bonds. The number of ketones is 1. The van der Waals surface area contributed by atoms with Gasteiger partial charge in [-0.15, -0.1) is 0 Å². The molecule has 6 aromatic rings. The smallest absolute Gasteiger partial charge is 0.173 e. The monoisotopic (exact) mass is 859 g/mol. The number of nitriles is 1. The Bertz CT molecular complexity index is 2230. The van der Waals surface area contributed by atoms with E-state index in [1.54, 1.807) is 48.5 Å². The first kappa shape index (κ1) is 43.2. The van der Waals surface area contributed by atoms with Crippen LogP contribution in [0.4, 0.5) is 17.6 Å². The number of hydrogen-bond acceptors (Lipinski definition) is 4. The lowest BCUT2D eigenvalue weighted by Gasteiger charge is -2.41. The van der Waals surface area contributed by atoms with E-state index < -0.39 is 10.8 Å². The fraction of sp³-hybridized carbons (Fsp3) is 0.240. The molecule has 0 saturated carbocycles. The number of carbonyl (C=O) groups is 1. The number of benzene rings is 6. The van der Waals surface area contributed by atoms with Crippen molar-refractivity contribution in [3.63, 3.8) is 0 Å². The number of hydrogen-bond donors (Lipinski definition) is 0. The van der Waals surface area contributed by atoms with E-state index in [0.29, 0.717) is 18.4 Å². The second kappa shape index (κ2) is 20.5. The molecule has 2 saturated heterocycles. The van der Waals surface area contributed by atoms with Gasteiger partial charge in [-0.1, -0.05) is 101 Å². The van der Waals surface area contributed by atoms with Crippen LogP contribution in [0.2, 0.25) is 0 Å². The van der Waals surface area contributed by atoms with Gasteiger partial charge < -0.3 is 0 Å². The predicted octanol–water partition coefficient (Wildman–Crippen LogP) is 11.9. The summed E-state index contributed by atoms with van der Waals surface area (Å²) in [5.74, 6) is -1.16. The molecule has 0 aliphatic carbocycles. The van der Waals surface area contributed by atoms with Crippen LogP contribution in [0, 0.1) is 34.6 Å². The van der Waals surface area contributed by atoms with Crippen LogP contribution in [0.25, 0.3) is 0 Å². The van der Waals surface area contributed by atoms with Gasteiger partial charge in [0.25, 0.3) is 0 Å². The van der Waals surface area contributed by atoms with Gasteiger partial charge in [-0.25, -0.2) is 17.6 Å². The highest BCUT2D eigenvalue weighted by atomic mass is 79.9. The molecular weight excluding hydrogens is 814 g/mol. The Balaban J connectivity index is 0.000000171. The second-order valence-corrected chi connectivity index (χ2v) is 16.0. The SMILES string of the molecule is Fc1ccc(Br)cc1.N#CC1(c2ccc(F)cc2)CCN(Cc2ccccc2)CC1.O=C(c1ccc(F)cc1)C1(c2ccc(F)cc2)CCN(Cc2ccccc2)CC1. The van der Waals surface area contributed by atoms with Crippen LogP contribution in [0.15, 0.2) is 162 Å². The lowest BCUT2D eigenvalue weighted by molar-refractivity contribution is 0.0763. The van der Waals surface area contributed by atoms with E-state index in [1.807, 2.05) is 24.3 Å². The van der Waals surface area contributed by atoms with Crippen LogP contribution in [0.1, 0.15) is 58.3 Å². The van der Waals surface area contributed by atoms with E-state index in [4.69, 9.17) is 0 Å². The first-order valence-electron chi connectivity index (χ1n) is 19.7. The molecule has 2 aliphatic heterocycles. The molecule has 2 fully saturated rings. The van der Waals surface area contributed by atoms with Gasteiger partial charge in [0.2, 0.25) is 0 Å². The minimum Gasteiger partial charge on any atom is -0.299 e. The predicted molar refractivity (Wildman–Crippen MR) is 229 cm³/mol. The summed E-state index contributed by atoms with van der Waals surface area (Å²) in [4.78, 5) is 18.3. The number of piperidine rings is 2. The molecule has 59 heavy (non-hydrogen) atoms. The van der Waals surface area contributed by atoms with E-state index in [0.717, 1.165) is 67.7 Å². The first-order chi connectivity index (χ1) is 28.6. The minimum absolute atomic E-state index is 0.0246. The second-order valence-electron chi connectivity index (χ2n) is 15.1. The topological polar surface area (TPSA) is 47.3 Å². The summed E-state index contributed by atoms with van der Waals surface area (Å²) >= 11 is 3.18. The fourth-order valence-electron chi connectivity index (χ4n) is 7.83. The lowest BCUT2D eigenvalue weighted by Crippen LogP contribution is -2.47. The number of Topliss-reactive ketones (excluding diaryl/α,β-unsaturated/α-hetero) is 1. The molecule has 8 rings (SSSR count). The third-order valence-corrected chi connectivity index (χ3v) is 11.8. The molecule has 302 valence electrons. The zero-order valence-electron chi connectivity index (χ0n) is 32.7. The van der Waals surface area contributed by atoms with E-state index in [-0.39, 0.29) is 29.1 Å². The summed E-state index contributed by atoms with van der Waals surface area (Å²) in [5, 5.41) is 9.68. The summed E-state index contributed by atoms with van der Waals surface area (Å²) in [6, 6.07) is 47.6. The van der Waals surface area contributed by atoms with Gasteiger partial charge in [0.05, 0.1) is 16.9 Å². The lowest BCUT2D eigenvalue weighted by atomic mass is 9.68. The van der Waals surface area contributed by atoms with Crippen molar-refractivity contribution in [1.29, 1.82) is 5.26 Å². The fourth-order valence-corrected chi connectivity index (χ4v) is 8.09. The van der Waals surface area contributed by atoms with E-state index in [2.05, 4.69) is 68.2 Å². The van der Waals surface area contributed by atoms with Gasteiger partial charge >= 0.3 is 0 Å². The van der Waals surface area contributed by atoms with Crippen molar-refractivity contribution in [3.8, 4) is 6.07 Å². The van der Waals surface area contributed by atoms with Crippen LogP contribution in [-0.4, -0.2) is 41.8 Å². The summed E-state index contributed by atoms with van der Waals surface area (Å²) in [6.07, 6.45) is 2.87. The molecular formula is C50H46BrF4N3O. The molecule has 9 heteroatoms.